The average Bonchev–Trinajstić information content (AvgIpc) is 2.55. The van der Waals surface area contributed by atoms with Crippen molar-refractivity contribution in [3.8, 4) is 0 Å². The molecule has 3 atom stereocenters. The van der Waals surface area contributed by atoms with Gasteiger partial charge in [-0.1, -0.05) is 31.0 Å². The number of nitrogens with one attached hydrogen (secondary N) is 1. The van der Waals surface area contributed by atoms with Crippen LogP contribution in [-0.2, 0) is 4.79 Å². The first-order valence-corrected chi connectivity index (χ1v) is 8.95. The summed E-state index contributed by atoms with van der Waals surface area (Å²) in [5, 5.41) is 3.28. The number of nitrogens with zero attached hydrogens (tertiary/aromatic N) is 1. The van der Waals surface area contributed by atoms with Crippen molar-refractivity contribution in [3.05, 3.63) is 30.3 Å². The van der Waals surface area contributed by atoms with Crippen LogP contribution in [0.1, 0.15) is 45.4 Å². The molecular formula is C19H29N3O. The molecule has 1 aromatic carbocycles. The van der Waals surface area contributed by atoms with Crippen molar-refractivity contribution in [1.82, 2.24) is 5.32 Å². The fourth-order valence-electron chi connectivity index (χ4n) is 4.06. The van der Waals surface area contributed by atoms with Gasteiger partial charge in [0.15, 0.2) is 0 Å². The van der Waals surface area contributed by atoms with Crippen molar-refractivity contribution in [2.75, 3.05) is 18.0 Å². The molecule has 4 heteroatoms. The number of para-hydroxylation sites is 1. The van der Waals surface area contributed by atoms with E-state index in [-0.39, 0.29) is 23.4 Å². The molecular weight excluding hydrogens is 286 g/mol. The van der Waals surface area contributed by atoms with Crippen LogP contribution < -0.4 is 16.0 Å². The fraction of sp³-hybridized carbons (Fsp3) is 0.632. The van der Waals surface area contributed by atoms with Gasteiger partial charge in [-0.15, -0.1) is 0 Å². The number of piperidine rings is 1. The molecule has 0 spiro atoms. The lowest BCUT2D eigenvalue weighted by Gasteiger charge is -2.40. The summed E-state index contributed by atoms with van der Waals surface area (Å²) in [5.74, 6) is 0.123. The standard InChI is InChI=1S/C19H29N3O/c1-19(20)12-6-5-11-17(19)18(23)21-15-8-7-13-22(14-15)16-9-3-2-4-10-16/h2-4,9-10,15,17H,5-8,11-14,20H2,1H3,(H,21,23). The summed E-state index contributed by atoms with van der Waals surface area (Å²) in [6.07, 6.45) is 6.31. The Morgan fingerprint density at radius 3 is 2.74 bits per heavy atom. The molecule has 4 nitrogen and oxygen atoms in total. The summed E-state index contributed by atoms with van der Waals surface area (Å²) in [6.45, 7) is 3.99. The van der Waals surface area contributed by atoms with Gasteiger partial charge in [-0.2, -0.15) is 0 Å². The highest BCUT2D eigenvalue weighted by Crippen LogP contribution is 2.32. The van der Waals surface area contributed by atoms with Crippen molar-refractivity contribution >= 4 is 11.6 Å². The molecule has 3 unspecified atom stereocenters. The number of carbonyl (C=O) groups excluding carboxylic acids is 1. The van der Waals surface area contributed by atoms with E-state index in [1.807, 2.05) is 13.0 Å². The quantitative estimate of drug-likeness (QED) is 0.901. The predicted molar refractivity (Wildman–Crippen MR) is 94.4 cm³/mol. The van der Waals surface area contributed by atoms with Gasteiger partial charge in [-0.25, -0.2) is 0 Å². The predicted octanol–water partition coefficient (Wildman–Crippen LogP) is 2.68. The number of benzene rings is 1. The van der Waals surface area contributed by atoms with E-state index in [9.17, 15) is 4.79 Å². The Morgan fingerprint density at radius 2 is 2.00 bits per heavy atom. The average molecular weight is 315 g/mol. The summed E-state index contributed by atoms with van der Waals surface area (Å²) in [7, 11) is 0. The van der Waals surface area contributed by atoms with Crippen molar-refractivity contribution in [2.45, 2.75) is 57.0 Å². The molecule has 3 N–H and O–H groups in total. The van der Waals surface area contributed by atoms with Gasteiger partial charge in [0.2, 0.25) is 5.91 Å². The van der Waals surface area contributed by atoms with E-state index in [0.717, 1.165) is 51.6 Å². The SMILES string of the molecule is CC1(N)CCCCC1C(=O)NC1CCCN(c2ccccc2)C1. The monoisotopic (exact) mass is 315 g/mol. The van der Waals surface area contributed by atoms with Gasteiger partial charge in [-0.3, -0.25) is 4.79 Å². The Hall–Kier alpha value is -1.55. The van der Waals surface area contributed by atoms with E-state index < -0.39 is 0 Å². The third-order valence-corrected chi connectivity index (χ3v) is 5.46. The van der Waals surface area contributed by atoms with Crippen LogP contribution in [0, 0.1) is 5.92 Å². The van der Waals surface area contributed by atoms with Crippen LogP contribution in [0.15, 0.2) is 30.3 Å². The molecule has 126 valence electrons. The fourth-order valence-corrected chi connectivity index (χ4v) is 4.06. The summed E-state index contributed by atoms with van der Waals surface area (Å²) >= 11 is 0. The number of hydrogen-bond donors (Lipinski definition) is 2. The Kier molecular flexibility index (Phi) is 4.90. The molecule has 1 amide bonds. The van der Waals surface area contributed by atoms with E-state index in [1.165, 1.54) is 5.69 Å². The highest BCUT2D eigenvalue weighted by atomic mass is 16.2. The topological polar surface area (TPSA) is 58.4 Å². The third-order valence-electron chi connectivity index (χ3n) is 5.46. The maximum absolute atomic E-state index is 12.7. The van der Waals surface area contributed by atoms with Crippen molar-refractivity contribution in [3.63, 3.8) is 0 Å². The highest BCUT2D eigenvalue weighted by Gasteiger charge is 2.38. The summed E-state index contributed by atoms with van der Waals surface area (Å²) < 4.78 is 0. The largest absolute Gasteiger partial charge is 0.369 e. The molecule has 1 saturated heterocycles. The Morgan fingerprint density at radius 1 is 1.22 bits per heavy atom. The van der Waals surface area contributed by atoms with Crippen LogP contribution in [0.5, 0.6) is 0 Å². The lowest BCUT2D eigenvalue weighted by Crippen LogP contribution is -2.56. The second-order valence-corrected chi connectivity index (χ2v) is 7.43. The Bertz CT molecular complexity index is 529. The molecule has 1 aromatic rings. The normalized spacial score (nSPS) is 31.7. The van der Waals surface area contributed by atoms with Crippen molar-refractivity contribution in [1.29, 1.82) is 0 Å². The second kappa shape index (κ2) is 6.91. The van der Waals surface area contributed by atoms with Crippen LogP contribution in [0.25, 0.3) is 0 Å². The number of rotatable bonds is 3. The first-order valence-electron chi connectivity index (χ1n) is 8.95. The number of carbonyl (C=O) groups is 1. The van der Waals surface area contributed by atoms with Gasteiger partial charge >= 0.3 is 0 Å². The zero-order valence-corrected chi connectivity index (χ0v) is 14.1. The zero-order valence-electron chi connectivity index (χ0n) is 14.1. The Labute approximate surface area is 139 Å². The van der Waals surface area contributed by atoms with E-state index in [4.69, 9.17) is 5.73 Å². The van der Waals surface area contributed by atoms with Crippen LogP contribution in [0.2, 0.25) is 0 Å². The molecule has 1 aliphatic carbocycles. The second-order valence-electron chi connectivity index (χ2n) is 7.43. The summed E-state index contributed by atoms with van der Waals surface area (Å²) in [5.41, 5.74) is 7.27. The number of hydrogen-bond acceptors (Lipinski definition) is 3. The molecule has 1 aliphatic heterocycles. The smallest absolute Gasteiger partial charge is 0.225 e. The van der Waals surface area contributed by atoms with Crippen LogP contribution >= 0.6 is 0 Å². The molecule has 1 heterocycles. The van der Waals surface area contributed by atoms with Gasteiger partial charge in [0.05, 0.1) is 5.92 Å². The molecule has 2 fully saturated rings. The first kappa shape index (κ1) is 16.3. The first-order chi connectivity index (χ1) is 11.1. The van der Waals surface area contributed by atoms with Crippen molar-refractivity contribution in [2.24, 2.45) is 11.7 Å². The van der Waals surface area contributed by atoms with E-state index in [0.29, 0.717) is 0 Å². The minimum Gasteiger partial charge on any atom is -0.369 e. The molecule has 2 aliphatic rings. The lowest BCUT2D eigenvalue weighted by atomic mass is 9.74. The third kappa shape index (κ3) is 3.86. The van der Waals surface area contributed by atoms with E-state index in [2.05, 4.69) is 34.5 Å². The molecule has 0 radical (unpaired) electrons. The van der Waals surface area contributed by atoms with Gasteiger partial charge < -0.3 is 16.0 Å². The lowest BCUT2D eigenvalue weighted by molar-refractivity contribution is -0.128. The van der Waals surface area contributed by atoms with Gasteiger partial charge in [0.25, 0.3) is 0 Å². The number of nitrogens with two attached hydrogens (primary N) is 1. The Balaban J connectivity index is 1.60. The summed E-state index contributed by atoms with van der Waals surface area (Å²) in [4.78, 5) is 15.1. The minimum absolute atomic E-state index is 0.0386. The number of anilines is 1. The maximum Gasteiger partial charge on any atom is 0.225 e. The van der Waals surface area contributed by atoms with Crippen LogP contribution in [0.3, 0.4) is 0 Å². The van der Waals surface area contributed by atoms with Gasteiger partial charge in [0.1, 0.15) is 0 Å². The molecule has 1 saturated carbocycles. The summed E-state index contributed by atoms with van der Waals surface area (Å²) in [6, 6.07) is 10.7. The van der Waals surface area contributed by atoms with E-state index >= 15 is 0 Å². The molecule has 0 bridgehead atoms. The van der Waals surface area contributed by atoms with Crippen LogP contribution in [0.4, 0.5) is 5.69 Å². The molecule has 23 heavy (non-hydrogen) atoms. The molecule has 0 aromatic heterocycles. The van der Waals surface area contributed by atoms with Crippen LogP contribution in [-0.4, -0.2) is 30.6 Å². The van der Waals surface area contributed by atoms with Crippen molar-refractivity contribution < 1.29 is 4.79 Å². The maximum atomic E-state index is 12.7. The minimum atomic E-state index is -0.351. The van der Waals surface area contributed by atoms with Gasteiger partial charge in [-0.05, 0) is 44.7 Å². The van der Waals surface area contributed by atoms with Gasteiger partial charge in [0, 0.05) is 30.4 Å². The van der Waals surface area contributed by atoms with E-state index in [1.54, 1.807) is 0 Å². The zero-order chi connectivity index (χ0) is 16.3. The highest BCUT2D eigenvalue weighted by molar-refractivity contribution is 5.80. The number of amides is 1. The molecule has 3 rings (SSSR count).